The van der Waals surface area contributed by atoms with E-state index in [0.717, 1.165) is 11.3 Å². The Morgan fingerprint density at radius 3 is 3.00 bits per heavy atom. The zero-order chi connectivity index (χ0) is 16.1. The van der Waals surface area contributed by atoms with E-state index in [9.17, 15) is 0 Å². The third-order valence-corrected chi connectivity index (χ3v) is 2.97. The number of nitrogens with one attached hydrogen (secondary N) is 2. The van der Waals surface area contributed by atoms with E-state index in [2.05, 4.69) is 36.1 Å². The van der Waals surface area contributed by atoms with Gasteiger partial charge in [0.15, 0.2) is 0 Å². The average Bonchev–Trinajstić information content (AvgIpc) is 3.27. The van der Waals surface area contributed by atoms with E-state index < -0.39 is 0 Å². The molecule has 1 aromatic carbocycles. The number of nitriles is 1. The van der Waals surface area contributed by atoms with Gasteiger partial charge in [0.25, 0.3) is 0 Å². The standard InChI is InChI=1S/C14H12N8O/c1-2-12-17-20-14(23-12)9-4-3-5-11(6-9)16-8-10(7-15)13-18-21-22-19-13/h3-6,8,16H,2H2,1H3,(H,18,19,21,22). The molecule has 0 aliphatic heterocycles. The van der Waals surface area contributed by atoms with E-state index in [4.69, 9.17) is 9.68 Å². The average molecular weight is 308 g/mol. The molecule has 0 aliphatic rings. The Balaban J connectivity index is 1.81. The van der Waals surface area contributed by atoms with E-state index in [0.29, 0.717) is 18.2 Å². The number of hydrogen-bond acceptors (Lipinski definition) is 8. The molecule has 0 saturated heterocycles. The molecular weight excluding hydrogens is 296 g/mol. The van der Waals surface area contributed by atoms with Crippen LogP contribution >= 0.6 is 0 Å². The molecule has 0 unspecified atom stereocenters. The summed E-state index contributed by atoms with van der Waals surface area (Å²) < 4.78 is 5.53. The second kappa shape index (κ2) is 6.48. The van der Waals surface area contributed by atoms with Crippen LogP contribution in [0.1, 0.15) is 18.6 Å². The normalized spacial score (nSPS) is 11.2. The highest BCUT2D eigenvalue weighted by Gasteiger charge is 2.08. The number of hydrogen-bond donors (Lipinski definition) is 2. The second-order valence-electron chi connectivity index (χ2n) is 4.48. The highest BCUT2D eigenvalue weighted by molar-refractivity contribution is 5.74. The molecule has 114 valence electrons. The summed E-state index contributed by atoms with van der Waals surface area (Å²) in [6.07, 6.45) is 2.19. The summed E-state index contributed by atoms with van der Waals surface area (Å²) in [5, 5.41) is 33.4. The fourth-order valence-corrected chi connectivity index (χ4v) is 1.83. The highest BCUT2D eigenvalue weighted by Crippen LogP contribution is 2.22. The molecule has 0 spiro atoms. The lowest BCUT2D eigenvalue weighted by molar-refractivity contribution is 0.513. The highest BCUT2D eigenvalue weighted by atomic mass is 16.4. The van der Waals surface area contributed by atoms with Gasteiger partial charge < -0.3 is 9.73 Å². The number of aromatic amines is 1. The number of aromatic nitrogens is 6. The van der Waals surface area contributed by atoms with Crippen molar-refractivity contribution in [3.05, 3.63) is 42.2 Å². The number of aryl methyl sites for hydroxylation is 1. The van der Waals surface area contributed by atoms with Crippen molar-refractivity contribution in [3.8, 4) is 17.5 Å². The predicted molar refractivity (Wildman–Crippen MR) is 80.5 cm³/mol. The summed E-state index contributed by atoms with van der Waals surface area (Å²) in [5.41, 5.74) is 1.80. The second-order valence-corrected chi connectivity index (χ2v) is 4.48. The van der Waals surface area contributed by atoms with Gasteiger partial charge in [-0.2, -0.15) is 10.5 Å². The van der Waals surface area contributed by atoms with Crippen molar-refractivity contribution < 1.29 is 4.42 Å². The maximum absolute atomic E-state index is 9.13. The summed E-state index contributed by atoms with van der Waals surface area (Å²) in [6.45, 7) is 1.95. The van der Waals surface area contributed by atoms with Gasteiger partial charge in [-0.15, -0.1) is 20.4 Å². The maximum Gasteiger partial charge on any atom is 0.247 e. The molecule has 0 fully saturated rings. The lowest BCUT2D eigenvalue weighted by atomic mass is 10.2. The zero-order valence-electron chi connectivity index (χ0n) is 12.2. The molecular formula is C14H12N8O. The van der Waals surface area contributed by atoms with Crippen molar-refractivity contribution in [2.75, 3.05) is 5.32 Å². The first-order valence-electron chi connectivity index (χ1n) is 6.83. The molecule has 9 nitrogen and oxygen atoms in total. The summed E-state index contributed by atoms with van der Waals surface area (Å²) >= 11 is 0. The van der Waals surface area contributed by atoms with Gasteiger partial charge in [-0.25, -0.2) is 0 Å². The number of anilines is 1. The number of nitrogens with zero attached hydrogens (tertiary/aromatic N) is 6. The van der Waals surface area contributed by atoms with Gasteiger partial charge in [-0.05, 0) is 23.4 Å². The number of H-pyrrole nitrogens is 1. The molecule has 0 amide bonds. The van der Waals surface area contributed by atoms with Crippen molar-refractivity contribution in [1.82, 2.24) is 30.8 Å². The third kappa shape index (κ3) is 3.21. The van der Waals surface area contributed by atoms with Crippen LogP contribution in [0.25, 0.3) is 17.0 Å². The molecule has 0 saturated carbocycles. The molecule has 3 aromatic rings. The van der Waals surface area contributed by atoms with Gasteiger partial charge in [0.2, 0.25) is 17.6 Å². The third-order valence-electron chi connectivity index (χ3n) is 2.97. The topological polar surface area (TPSA) is 129 Å². The minimum Gasteiger partial charge on any atom is -0.421 e. The largest absolute Gasteiger partial charge is 0.421 e. The number of tetrazole rings is 1. The van der Waals surface area contributed by atoms with Crippen LogP contribution in [-0.2, 0) is 6.42 Å². The Morgan fingerprint density at radius 2 is 2.30 bits per heavy atom. The van der Waals surface area contributed by atoms with E-state index in [1.54, 1.807) is 0 Å². The summed E-state index contributed by atoms with van der Waals surface area (Å²) in [4.78, 5) is 0. The van der Waals surface area contributed by atoms with Crippen LogP contribution in [-0.4, -0.2) is 30.8 Å². The Kier molecular flexibility index (Phi) is 4.06. The van der Waals surface area contributed by atoms with Gasteiger partial charge >= 0.3 is 0 Å². The van der Waals surface area contributed by atoms with Crippen LogP contribution in [0.3, 0.4) is 0 Å². The quantitative estimate of drug-likeness (QED) is 0.682. The molecule has 0 radical (unpaired) electrons. The summed E-state index contributed by atoms with van der Waals surface area (Å²) in [7, 11) is 0. The molecule has 2 aromatic heterocycles. The number of benzene rings is 1. The minimum atomic E-state index is 0.223. The molecule has 2 heterocycles. The van der Waals surface area contributed by atoms with E-state index >= 15 is 0 Å². The fraction of sp³-hybridized carbons (Fsp3) is 0.143. The van der Waals surface area contributed by atoms with Crippen molar-refractivity contribution in [2.24, 2.45) is 0 Å². The first kappa shape index (κ1) is 14.4. The van der Waals surface area contributed by atoms with Crippen LogP contribution in [0.4, 0.5) is 5.69 Å². The van der Waals surface area contributed by atoms with Gasteiger partial charge in [0, 0.05) is 23.9 Å². The van der Waals surface area contributed by atoms with Crippen LogP contribution in [0.2, 0.25) is 0 Å². The minimum absolute atomic E-state index is 0.223. The lowest BCUT2D eigenvalue weighted by Crippen LogP contribution is -1.93. The Hall–Kier alpha value is -3.54. The van der Waals surface area contributed by atoms with E-state index in [1.165, 1.54) is 6.20 Å². The number of rotatable bonds is 5. The number of allylic oxidation sites excluding steroid dienone is 1. The lowest BCUT2D eigenvalue weighted by Gasteiger charge is -2.02. The summed E-state index contributed by atoms with van der Waals surface area (Å²) in [6, 6.07) is 9.41. The molecule has 23 heavy (non-hydrogen) atoms. The SMILES string of the molecule is CCc1nnc(-c2cccc(NC=C(C#N)c3nn[nH]n3)c2)o1. The molecule has 0 bridgehead atoms. The van der Waals surface area contributed by atoms with Crippen LogP contribution in [0.5, 0.6) is 0 Å². The smallest absolute Gasteiger partial charge is 0.247 e. The van der Waals surface area contributed by atoms with Gasteiger partial charge in [0.1, 0.15) is 11.6 Å². The molecule has 0 aliphatic carbocycles. The van der Waals surface area contributed by atoms with E-state index in [-0.39, 0.29) is 11.4 Å². The van der Waals surface area contributed by atoms with Gasteiger partial charge in [0.05, 0.1) is 0 Å². The van der Waals surface area contributed by atoms with Gasteiger partial charge in [-0.1, -0.05) is 13.0 Å². The van der Waals surface area contributed by atoms with Crippen LogP contribution in [0, 0.1) is 11.3 Å². The van der Waals surface area contributed by atoms with Crippen molar-refractivity contribution in [2.45, 2.75) is 13.3 Å². The Labute approximate surface area is 131 Å². The van der Waals surface area contributed by atoms with E-state index in [1.807, 2.05) is 37.3 Å². The first-order valence-corrected chi connectivity index (χ1v) is 6.83. The van der Waals surface area contributed by atoms with Gasteiger partial charge in [-0.3, -0.25) is 0 Å². The van der Waals surface area contributed by atoms with Crippen molar-refractivity contribution in [3.63, 3.8) is 0 Å². The molecule has 9 heteroatoms. The first-order chi connectivity index (χ1) is 11.3. The maximum atomic E-state index is 9.13. The summed E-state index contributed by atoms with van der Waals surface area (Å²) in [5.74, 6) is 1.26. The van der Waals surface area contributed by atoms with Crippen LogP contribution < -0.4 is 5.32 Å². The Morgan fingerprint density at radius 1 is 1.39 bits per heavy atom. The van der Waals surface area contributed by atoms with Crippen molar-refractivity contribution in [1.29, 1.82) is 5.26 Å². The molecule has 3 rings (SSSR count). The Bertz CT molecular complexity index is 859. The molecule has 2 N–H and O–H groups in total. The molecule has 0 atom stereocenters. The zero-order valence-corrected chi connectivity index (χ0v) is 12.2. The monoisotopic (exact) mass is 308 g/mol. The predicted octanol–water partition coefficient (Wildman–Crippen LogP) is 1.79. The van der Waals surface area contributed by atoms with Crippen molar-refractivity contribution >= 4 is 11.3 Å². The fourth-order valence-electron chi connectivity index (χ4n) is 1.83. The van der Waals surface area contributed by atoms with Crippen LogP contribution in [0.15, 0.2) is 34.9 Å².